The number of nitrogens with one attached hydrogen (secondary N) is 3. The van der Waals surface area contributed by atoms with E-state index in [1.54, 1.807) is 32.0 Å². The van der Waals surface area contributed by atoms with Crippen molar-refractivity contribution in [1.29, 1.82) is 0 Å². The van der Waals surface area contributed by atoms with E-state index >= 15 is 0 Å². The summed E-state index contributed by atoms with van der Waals surface area (Å²) in [6.45, 7) is 3.33. The van der Waals surface area contributed by atoms with Gasteiger partial charge in [0.05, 0.1) is 16.8 Å². The van der Waals surface area contributed by atoms with Gasteiger partial charge in [0.1, 0.15) is 11.9 Å². The maximum atomic E-state index is 13.8. The Kier molecular flexibility index (Phi) is 6.98. The Morgan fingerprint density at radius 2 is 1.62 bits per heavy atom. The highest BCUT2D eigenvalue weighted by Crippen LogP contribution is 2.21. The summed E-state index contributed by atoms with van der Waals surface area (Å²) >= 11 is 0. The maximum Gasteiger partial charge on any atom is 0.242 e. The van der Waals surface area contributed by atoms with Gasteiger partial charge in [-0.1, -0.05) is 32.0 Å². The third kappa shape index (κ3) is 6.51. The first-order chi connectivity index (χ1) is 13.4. The second-order valence-electron chi connectivity index (χ2n) is 6.71. The lowest BCUT2D eigenvalue weighted by Gasteiger charge is -2.22. The monoisotopic (exact) mass is 443 g/mol. The molecule has 0 bridgehead atoms. The van der Waals surface area contributed by atoms with Crippen molar-refractivity contribution in [3.63, 3.8) is 0 Å². The van der Waals surface area contributed by atoms with Crippen molar-refractivity contribution in [3.05, 3.63) is 54.3 Å². The molecule has 158 valence electrons. The van der Waals surface area contributed by atoms with Gasteiger partial charge >= 0.3 is 0 Å². The van der Waals surface area contributed by atoms with Gasteiger partial charge in [-0.3, -0.25) is 9.52 Å². The molecular formula is C18H22FN3O5S2. The van der Waals surface area contributed by atoms with Crippen LogP contribution in [0.5, 0.6) is 0 Å². The van der Waals surface area contributed by atoms with Gasteiger partial charge in [-0.25, -0.2) is 21.2 Å². The van der Waals surface area contributed by atoms with Gasteiger partial charge in [0.25, 0.3) is 0 Å². The van der Waals surface area contributed by atoms with E-state index in [9.17, 15) is 26.0 Å². The lowest BCUT2D eigenvalue weighted by molar-refractivity contribution is -0.118. The number of anilines is 2. The maximum absolute atomic E-state index is 13.8. The molecular weight excluding hydrogens is 421 g/mol. The van der Waals surface area contributed by atoms with E-state index < -0.39 is 43.7 Å². The zero-order valence-electron chi connectivity index (χ0n) is 16.0. The van der Waals surface area contributed by atoms with Crippen LogP contribution in [0.2, 0.25) is 0 Å². The van der Waals surface area contributed by atoms with E-state index in [2.05, 4.69) is 10.0 Å². The summed E-state index contributed by atoms with van der Waals surface area (Å²) in [6.07, 6.45) is 0.866. The Morgan fingerprint density at radius 1 is 1.00 bits per heavy atom. The summed E-state index contributed by atoms with van der Waals surface area (Å²) in [4.78, 5) is 12.7. The van der Waals surface area contributed by atoms with Crippen LogP contribution in [0.1, 0.15) is 13.8 Å². The lowest BCUT2D eigenvalue weighted by atomic mass is 10.0. The predicted octanol–water partition coefficient (Wildman–Crippen LogP) is 2.14. The zero-order valence-corrected chi connectivity index (χ0v) is 17.6. The molecule has 2 rings (SSSR count). The van der Waals surface area contributed by atoms with Crippen LogP contribution in [-0.2, 0) is 24.8 Å². The molecule has 0 aliphatic rings. The first-order valence-electron chi connectivity index (χ1n) is 8.54. The van der Waals surface area contributed by atoms with Crippen LogP contribution < -0.4 is 14.8 Å². The fraction of sp³-hybridized carbons (Fsp3) is 0.278. The number of hydrogen-bond acceptors (Lipinski definition) is 5. The van der Waals surface area contributed by atoms with E-state index in [-0.39, 0.29) is 16.3 Å². The normalized spacial score (nSPS) is 13.1. The summed E-state index contributed by atoms with van der Waals surface area (Å²) in [7, 11) is -7.67. The van der Waals surface area contributed by atoms with Crippen molar-refractivity contribution < 1.29 is 26.0 Å². The molecule has 1 atom stereocenters. The van der Waals surface area contributed by atoms with E-state index in [1.165, 1.54) is 18.2 Å². The number of hydrogen-bond donors (Lipinski definition) is 3. The molecule has 0 aromatic heterocycles. The first-order valence-corrected chi connectivity index (χ1v) is 11.9. The average molecular weight is 444 g/mol. The van der Waals surface area contributed by atoms with Gasteiger partial charge in [-0.15, -0.1) is 0 Å². The molecule has 0 heterocycles. The Balaban J connectivity index is 2.23. The number of amides is 1. The summed E-state index contributed by atoms with van der Waals surface area (Å²) in [5.41, 5.74) is -0.233. The van der Waals surface area contributed by atoms with Gasteiger partial charge in [0.15, 0.2) is 0 Å². The third-order valence-corrected chi connectivity index (χ3v) is 5.86. The van der Waals surface area contributed by atoms with Crippen LogP contribution >= 0.6 is 0 Å². The number of halogens is 1. The van der Waals surface area contributed by atoms with Gasteiger partial charge in [0.2, 0.25) is 26.0 Å². The Bertz CT molecular complexity index is 1090. The third-order valence-electron chi connectivity index (χ3n) is 3.81. The van der Waals surface area contributed by atoms with E-state index in [4.69, 9.17) is 0 Å². The molecule has 29 heavy (non-hydrogen) atoms. The number of sulfonamides is 2. The molecule has 0 aliphatic heterocycles. The minimum atomic E-state index is -3.94. The van der Waals surface area contributed by atoms with E-state index in [0.29, 0.717) is 0 Å². The first kappa shape index (κ1) is 22.8. The SMILES string of the molecule is CC(C)[C@H](NS(=O)(=O)c1ccccc1)C(=O)Nc1ccc(F)c(NS(C)(=O)=O)c1. The van der Waals surface area contributed by atoms with Crippen LogP contribution in [0.15, 0.2) is 53.4 Å². The van der Waals surface area contributed by atoms with Crippen molar-refractivity contribution >= 4 is 37.3 Å². The molecule has 3 N–H and O–H groups in total. The molecule has 0 unspecified atom stereocenters. The van der Waals surface area contributed by atoms with E-state index in [0.717, 1.165) is 18.4 Å². The quantitative estimate of drug-likeness (QED) is 0.577. The standard InChI is InChI=1S/C18H22FN3O5S2/c1-12(2)17(22-29(26,27)14-7-5-4-6-8-14)18(23)20-13-9-10-15(19)16(11-13)21-28(3,24)25/h4-12,17,21-22H,1-3H3,(H,20,23)/t17-/m0/s1. The fourth-order valence-corrected chi connectivity index (χ4v) is 4.35. The highest BCUT2D eigenvalue weighted by molar-refractivity contribution is 7.92. The smallest absolute Gasteiger partial charge is 0.242 e. The minimum Gasteiger partial charge on any atom is -0.325 e. The zero-order chi connectivity index (χ0) is 21.8. The molecule has 0 fully saturated rings. The Morgan fingerprint density at radius 3 is 2.17 bits per heavy atom. The molecule has 0 radical (unpaired) electrons. The van der Waals surface area contributed by atoms with E-state index in [1.807, 2.05) is 4.72 Å². The number of carbonyl (C=O) groups is 1. The highest BCUT2D eigenvalue weighted by atomic mass is 32.2. The molecule has 0 aliphatic carbocycles. The topological polar surface area (TPSA) is 121 Å². The highest BCUT2D eigenvalue weighted by Gasteiger charge is 2.28. The summed E-state index contributed by atoms with van der Waals surface area (Å²) in [5, 5.41) is 2.48. The van der Waals surface area contributed by atoms with Crippen LogP contribution in [-0.4, -0.2) is 35.0 Å². The second-order valence-corrected chi connectivity index (χ2v) is 10.2. The Hall–Kier alpha value is -2.50. The number of carbonyl (C=O) groups excluding carboxylic acids is 1. The van der Waals surface area contributed by atoms with Crippen LogP contribution in [0.3, 0.4) is 0 Å². The summed E-state index contributed by atoms with van der Waals surface area (Å²) in [5.74, 6) is -1.89. The fourth-order valence-electron chi connectivity index (χ4n) is 2.43. The Labute approximate surface area is 169 Å². The molecule has 1 amide bonds. The molecule has 2 aromatic rings. The summed E-state index contributed by atoms with van der Waals surface area (Å²) in [6, 6.07) is 9.82. The number of rotatable bonds is 8. The average Bonchev–Trinajstić information content (AvgIpc) is 2.62. The van der Waals surface area contributed by atoms with Gasteiger partial charge in [-0.05, 0) is 36.2 Å². The van der Waals surface area contributed by atoms with Crippen molar-refractivity contribution in [3.8, 4) is 0 Å². The predicted molar refractivity (Wildman–Crippen MR) is 109 cm³/mol. The molecule has 0 spiro atoms. The van der Waals surface area contributed by atoms with Crippen molar-refractivity contribution in [2.45, 2.75) is 24.8 Å². The van der Waals surface area contributed by atoms with Gasteiger partial charge < -0.3 is 5.32 Å². The van der Waals surface area contributed by atoms with Crippen molar-refractivity contribution in [2.24, 2.45) is 5.92 Å². The number of benzene rings is 2. The summed E-state index contributed by atoms with van der Waals surface area (Å²) < 4.78 is 65.9. The van der Waals surface area contributed by atoms with Crippen molar-refractivity contribution in [1.82, 2.24) is 4.72 Å². The van der Waals surface area contributed by atoms with Crippen LogP contribution in [0, 0.1) is 11.7 Å². The molecule has 8 nitrogen and oxygen atoms in total. The molecule has 0 saturated carbocycles. The second kappa shape index (κ2) is 8.89. The minimum absolute atomic E-state index is 0.0138. The largest absolute Gasteiger partial charge is 0.325 e. The molecule has 2 aromatic carbocycles. The molecule has 11 heteroatoms. The van der Waals surface area contributed by atoms with Crippen LogP contribution in [0.25, 0.3) is 0 Å². The van der Waals surface area contributed by atoms with Gasteiger partial charge in [-0.2, -0.15) is 4.72 Å². The van der Waals surface area contributed by atoms with Gasteiger partial charge in [0, 0.05) is 5.69 Å². The van der Waals surface area contributed by atoms with Crippen molar-refractivity contribution in [2.75, 3.05) is 16.3 Å². The van der Waals surface area contributed by atoms with Crippen LogP contribution in [0.4, 0.5) is 15.8 Å². The molecule has 0 saturated heterocycles. The lowest BCUT2D eigenvalue weighted by Crippen LogP contribution is -2.47.